The molecule has 0 amide bonds. The highest BCUT2D eigenvalue weighted by Crippen LogP contribution is 2.38. The second-order valence-corrected chi connectivity index (χ2v) is 8.80. The third-order valence-electron chi connectivity index (χ3n) is 6.60. The summed E-state index contributed by atoms with van der Waals surface area (Å²) in [6.07, 6.45) is 0. The number of piperazine rings is 1. The number of nitrogen functional groups attached to an aromatic ring is 1. The number of nitrogens with two attached hydrogens (primary N) is 1. The fraction of sp³-hybridized carbons (Fsp3) is 0.700. The maximum absolute atomic E-state index is 6.52. The van der Waals surface area contributed by atoms with E-state index in [9.17, 15) is 0 Å². The van der Waals surface area contributed by atoms with E-state index >= 15 is 0 Å². The molecule has 144 valence electrons. The molecule has 1 aromatic rings. The molecule has 1 aromatic carbocycles. The molecule has 0 unspecified atom stereocenters. The second-order valence-electron chi connectivity index (χ2n) is 8.80. The van der Waals surface area contributed by atoms with E-state index in [2.05, 4.69) is 58.7 Å². The van der Waals surface area contributed by atoms with E-state index in [-0.39, 0.29) is 18.3 Å². The minimum absolute atomic E-state index is 0.352. The zero-order valence-corrected chi connectivity index (χ0v) is 17.5. The molecule has 0 atom stereocenters. The smallest absolute Gasteiger partial charge is 0.399 e. The third-order valence-corrected chi connectivity index (χ3v) is 6.60. The van der Waals surface area contributed by atoms with Gasteiger partial charge < -0.3 is 20.4 Å². The first-order chi connectivity index (χ1) is 12.0. The van der Waals surface area contributed by atoms with Crippen molar-refractivity contribution in [2.75, 3.05) is 31.9 Å². The Hall–Kier alpha value is -1.08. The summed E-state index contributed by atoms with van der Waals surface area (Å²) in [5, 5.41) is 3.42. The first-order valence-corrected chi connectivity index (χ1v) is 9.72. The van der Waals surface area contributed by atoms with Crippen LogP contribution in [0.15, 0.2) is 0 Å². The minimum Gasteiger partial charge on any atom is -0.399 e. The van der Waals surface area contributed by atoms with E-state index in [1.165, 1.54) is 16.7 Å². The number of hydrogen-bond acceptors (Lipinski definition) is 5. The molecular formula is C20H34BN3O2. The van der Waals surface area contributed by atoms with Gasteiger partial charge in [-0.05, 0) is 76.2 Å². The summed E-state index contributed by atoms with van der Waals surface area (Å²) in [4.78, 5) is 2.49. The Balaban J connectivity index is 2.00. The first-order valence-electron chi connectivity index (χ1n) is 9.72. The lowest BCUT2D eigenvalue weighted by atomic mass is 9.70. The second kappa shape index (κ2) is 6.82. The molecule has 2 aliphatic heterocycles. The molecule has 3 N–H and O–H groups in total. The fourth-order valence-corrected chi connectivity index (χ4v) is 3.96. The maximum atomic E-state index is 6.52. The van der Waals surface area contributed by atoms with Crippen LogP contribution < -0.4 is 16.5 Å². The molecule has 0 aliphatic carbocycles. The van der Waals surface area contributed by atoms with E-state index in [0.717, 1.165) is 49.4 Å². The first kappa shape index (κ1) is 19.7. The molecule has 0 saturated carbocycles. The van der Waals surface area contributed by atoms with Gasteiger partial charge in [0.1, 0.15) is 0 Å². The summed E-state index contributed by atoms with van der Waals surface area (Å²) >= 11 is 0. The van der Waals surface area contributed by atoms with Gasteiger partial charge in [0.25, 0.3) is 0 Å². The van der Waals surface area contributed by atoms with Crippen molar-refractivity contribution in [2.45, 2.75) is 66.2 Å². The number of nitrogens with zero attached hydrogens (tertiary/aromatic N) is 1. The highest BCUT2D eigenvalue weighted by atomic mass is 16.7. The van der Waals surface area contributed by atoms with E-state index in [4.69, 9.17) is 15.0 Å². The van der Waals surface area contributed by atoms with Crippen LogP contribution in [0.25, 0.3) is 0 Å². The number of anilines is 1. The molecule has 5 nitrogen and oxygen atoms in total. The van der Waals surface area contributed by atoms with Crippen LogP contribution in [0.4, 0.5) is 5.69 Å². The average Bonchev–Trinajstić information content (AvgIpc) is 2.78. The van der Waals surface area contributed by atoms with Crippen LogP contribution in [0.1, 0.15) is 49.9 Å². The summed E-state index contributed by atoms with van der Waals surface area (Å²) in [5.41, 5.74) is 12.6. The fourth-order valence-electron chi connectivity index (χ4n) is 3.96. The van der Waals surface area contributed by atoms with Crippen molar-refractivity contribution in [3.63, 3.8) is 0 Å². The number of benzene rings is 1. The molecule has 0 radical (unpaired) electrons. The van der Waals surface area contributed by atoms with Gasteiger partial charge in [-0.2, -0.15) is 0 Å². The van der Waals surface area contributed by atoms with Gasteiger partial charge in [0.05, 0.1) is 11.2 Å². The molecule has 26 heavy (non-hydrogen) atoms. The average molecular weight is 359 g/mol. The zero-order valence-electron chi connectivity index (χ0n) is 17.5. The largest absolute Gasteiger partial charge is 0.495 e. The zero-order chi connectivity index (χ0) is 19.3. The SMILES string of the molecule is Cc1c(N)c(C)c(B2OC(C)(C)C(C)(C)O2)c(C)c1CN1CCNCC1. The van der Waals surface area contributed by atoms with Crippen LogP contribution in [-0.2, 0) is 15.9 Å². The molecule has 0 aromatic heterocycles. The predicted molar refractivity (Wildman–Crippen MR) is 109 cm³/mol. The van der Waals surface area contributed by atoms with Crippen molar-refractivity contribution in [2.24, 2.45) is 0 Å². The Bertz CT molecular complexity index is 681. The molecule has 0 bridgehead atoms. The monoisotopic (exact) mass is 359 g/mol. The van der Waals surface area contributed by atoms with Crippen molar-refractivity contribution in [1.82, 2.24) is 10.2 Å². The lowest BCUT2D eigenvalue weighted by Gasteiger charge is -2.32. The standard InChI is InChI=1S/C20H34BN3O2/c1-13-16(12-24-10-8-23-9-11-24)14(2)18(22)15(3)17(13)21-25-19(4,5)20(6,7)26-21/h23H,8-12,22H2,1-7H3. The van der Waals surface area contributed by atoms with Crippen LogP contribution in [0.3, 0.4) is 0 Å². The van der Waals surface area contributed by atoms with Crippen LogP contribution in [0.2, 0.25) is 0 Å². The summed E-state index contributed by atoms with van der Waals surface area (Å²) in [7, 11) is -0.371. The minimum atomic E-state index is -0.371. The van der Waals surface area contributed by atoms with Crippen LogP contribution in [0.5, 0.6) is 0 Å². The quantitative estimate of drug-likeness (QED) is 0.638. The van der Waals surface area contributed by atoms with Crippen LogP contribution >= 0.6 is 0 Å². The van der Waals surface area contributed by atoms with Crippen molar-refractivity contribution in [3.8, 4) is 0 Å². The Morgan fingerprint density at radius 1 is 0.962 bits per heavy atom. The van der Waals surface area contributed by atoms with Gasteiger partial charge in [0, 0.05) is 38.4 Å². The third kappa shape index (κ3) is 3.28. The van der Waals surface area contributed by atoms with Crippen molar-refractivity contribution in [1.29, 1.82) is 0 Å². The summed E-state index contributed by atoms with van der Waals surface area (Å²) in [6, 6.07) is 0. The van der Waals surface area contributed by atoms with Crippen LogP contribution in [-0.4, -0.2) is 49.4 Å². The topological polar surface area (TPSA) is 59.8 Å². The Labute approximate surface area is 158 Å². The highest BCUT2D eigenvalue weighted by molar-refractivity contribution is 6.63. The van der Waals surface area contributed by atoms with E-state index < -0.39 is 0 Å². The van der Waals surface area contributed by atoms with Crippen molar-refractivity contribution in [3.05, 3.63) is 22.3 Å². The Morgan fingerprint density at radius 2 is 1.50 bits per heavy atom. The molecule has 2 aliphatic rings. The van der Waals surface area contributed by atoms with Gasteiger partial charge >= 0.3 is 7.12 Å². The molecule has 2 heterocycles. The molecular weight excluding hydrogens is 325 g/mol. The molecule has 2 fully saturated rings. The van der Waals surface area contributed by atoms with Gasteiger partial charge in [-0.1, -0.05) is 0 Å². The van der Waals surface area contributed by atoms with E-state index in [0.29, 0.717) is 0 Å². The predicted octanol–water partition coefficient (Wildman–Crippen LogP) is 1.90. The Morgan fingerprint density at radius 3 is 2.04 bits per heavy atom. The van der Waals surface area contributed by atoms with Gasteiger partial charge in [0.2, 0.25) is 0 Å². The van der Waals surface area contributed by atoms with Crippen molar-refractivity contribution < 1.29 is 9.31 Å². The summed E-state index contributed by atoms with van der Waals surface area (Å²) < 4.78 is 12.7. The molecule has 0 spiro atoms. The van der Waals surface area contributed by atoms with Gasteiger partial charge in [-0.3, -0.25) is 4.90 Å². The maximum Gasteiger partial charge on any atom is 0.495 e. The normalized spacial score (nSPS) is 22.8. The lowest BCUT2D eigenvalue weighted by Crippen LogP contribution is -2.44. The van der Waals surface area contributed by atoms with Gasteiger partial charge in [-0.15, -0.1) is 0 Å². The number of rotatable bonds is 3. The molecule has 6 heteroatoms. The molecule has 3 rings (SSSR count). The van der Waals surface area contributed by atoms with Gasteiger partial charge in [-0.25, -0.2) is 0 Å². The Kier molecular flexibility index (Phi) is 5.17. The summed E-state index contributed by atoms with van der Waals surface area (Å²) in [5.74, 6) is 0. The van der Waals surface area contributed by atoms with Gasteiger partial charge in [0.15, 0.2) is 0 Å². The number of nitrogens with one attached hydrogen (secondary N) is 1. The van der Waals surface area contributed by atoms with Crippen LogP contribution in [0, 0.1) is 20.8 Å². The molecule has 2 saturated heterocycles. The van der Waals surface area contributed by atoms with Crippen molar-refractivity contribution >= 4 is 18.3 Å². The lowest BCUT2D eigenvalue weighted by molar-refractivity contribution is 0.00578. The number of hydrogen-bond donors (Lipinski definition) is 2. The highest BCUT2D eigenvalue weighted by Gasteiger charge is 2.52. The van der Waals surface area contributed by atoms with E-state index in [1.54, 1.807) is 0 Å². The summed E-state index contributed by atoms with van der Waals surface area (Å²) in [6.45, 7) is 19.9. The van der Waals surface area contributed by atoms with E-state index in [1.807, 2.05) is 0 Å².